The summed E-state index contributed by atoms with van der Waals surface area (Å²) < 4.78 is 31.3. The Morgan fingerprint density at radius 3 is 2.66 bits per heavy atom. The first kappa shape index (κ1) is 26.1. The van der Waals surface area contributed by atoms with E-state index in [1.807, 2.05) is 0 Å². The number of methoxy groups -OCH3 is 1. The molecule has 1 aromatic carbocycles. The Hall–Kier alpha value is -2.13. The minimum Gasteiger partial charge on any atom is -0.469 e. The maximum atomic E-state index is 13.7. The number of nitrogens with zero attached hydrogens (tertiary/aromatic N) is 1. The van der Waals surface area contributed by atoms with Gasteiger partial charge in [-0.05, 0) is 56.1 Å². The van der Waals surface area contributed by atoms with Crippen molar-refractivity contribution in [2.45, 2.75) is 76.0 Å². The molecule has 5 atom stereocenters. The second-order valence-electron chi connectivity index (χ2n) is 8.57. The van der Waals surface area contributed by atoms with Gasteiger partial charge in [-0.2, -0.15) is 4.91 Å². The van der Waals surface area contributed by atoms with Crippen LogP contribution in [0.25, 0.3) is 0 Å². The van der Waals surface area contributed by atoms with Gasteiger partial charge in [0.1, 0.15) is 11.6 Å². The quantitative estimate of drug-likeness (QED) is 0.220. The first-order chi connectivity index (χ1) is 15.3. The molecule has 1 aliphatic carbocycles. The largest absolute Gasteiger partial charge is 0.469 e. The normalized spacial score (nSPS) is 23.7. The minimum absolute atomic E-state index is 0.0620. The molecule has 0 bridgehead atoms. The van der Waals surface area contributed by atoms with Gasteiger partial charge in [-0.15, -0.1) is 0 Å². The average molecular weight is 457 g/mol. The van der Waals surface area contributed by atoms with Crippen LogP contribution >= 0.6 is 0 Å². The molecule has 0 spiro atoms. The lowest BCUT2D eigenvalue weighted by molar-refractivity contribution is -0.140. The number of benzene rings is 1. The standard InChI is InChI=1S/C23H34F2N2O5/c1-32-23(30)7-5-3-2-4-6-18-17(21(27-31)13-22(18)29)10-9-16(28)14-26-20-11-8-15(24)12-19(20)25/h8,11-12,16-18,21-22,26,28-29H,2-7,9-10,13-14H2,1H3/t16-,17-,18-,21?,22+/m1/s1. The third-order valence-electron chi connectivity index (χ3n) is 6.35. The SMILES string of the molecule is COC(=O)CCCCCC[C@H]1[C@@H](O)CC(N=O)[C@@H]1CC[C@@H](O)CNc1ccc(F)cc1F. The number of hydrogen-bond donors (Lipinski definition) is 3. The van der Waals surface area contributed by atoms with Gasteiger partial charge < -0.3 is 20.3 Å². The van der Waals surface area contributed by atoms with Crippen LogP contribution in [0.1, 0.15) is 57.8 Å². The van der Waals surface area contributed by atoms with E-state index >= 15 is 0 Å². The zero-order chi connectivity index (χ0) is 23.5. The molecule has 7 nitrogen and oxygen atoms in total. The number of hydrogen-bond acceptors (Lipinski definition) is 7. The Bertz CT molecular complexity index is 736. The monoisotopic (exact) mass is 456 g/mol. The molecule has 0 aromatic heterocycles. The molecule has 3 N–H and O–H groups in total. The number of nitroso groups, excluding NO2 is 1. The predicted octanol–water partition coefficient (Wildman–Crippen LogP) is 4.16. The summed E-state index contributed by atoms with van der Waals surface area (Å²) in [7, 11) is 1.37. The lowest BCUT2D eigenvalue weighted by atomic mass is 9.84. The lowest BCUT2D eigenvalue weighted by Crippen LogP contribution is -2.25. The van der Waals surface area contributed by atoms with Crippen LogP contribution < -0.4 is 5.32 Å². The number of anilines is 1. The van der Waals surface area contributed by atoms with Crippen LogP contribution in [0.3, 0.4) is 0 Å². The first-order valence-electron chi connectivity index (χ1n) is 11.3. The number of carbonyl (C=O) groups is 1. The van der Waals surface area contributed by atoms with Crippen LogP contribution in [0, 0.1) is 28.4 Å². The topological polar surface area (TPSA) is 108 Å². The molecule has 0 heterocycles. The van der Waals surface area contributed by atoms with Crippen LogP contribution in [0.15, 0.2) is 23.4 Å². The zero-order valence-electron chi connectivity index (χ0n) is 18.5. The number of rotatable bonds is 14. The van der Waals surface area contributed by atoms with Crippen molar-refractivity contribution in [2.24, 2.45) is 17.0 Å². The molecular formula is C23H34F2N2O5. The van der Waals surface area contributed by atoms with Crippen LogP contribution in [0.5, 0.6) is 0 Å². The molecule has 2 rings (SSSR count). The summed E-state index contributed by atoms with van der Waals surface area (Å²) in [6.45, 7) is 0.0852. The smallest absolute Gasteiger partial charge is 0.305 e. The molecule has 0 aliphatic heterocycles. The summed E-state index contributed by atoms with van der Waals surface area (Å²) in [5.41, 5.74) is 0.110. The van der Waals surface area contributed by atoms with Gasteiger partial charge in [0.05, 0.1) is 31.0 Å². The van der Waals surface area contributed by atoms with Crippen LogP contribution in [-0.2, 0) is 9.53 Å². The number of halogens is 2. The van der Waals surface area contributed by atoms with Crippen molar-refractivity contribution >= 4 is 11.7 Å². The third-order valence-corrected chi connectivity index (χ3v) is 6.35. The zero-order valence-corrected chi connectivity index (χ0v) is 18.5. The molecule has 9 heteroatoms. The van der Waals surface area contributed by atoms with E-state index in [1.54, 1.807) is 0 Å². The molecular weight excluding hydrogens is 422 g/mol. The van der Waals surface area contributed by atoms with E-state index in [0.29, 0.717) is 25.7 Å². The third kappa shape index (κ3) is 8.09. The molecule has 1 aliphatic rings. The van der Waals surface area contributed by atoms with Crippen molar-refractivity contribution in [3.63, 3.8) is 0 Å². The van der Waals surface area contributed by atoms with E-state index in [4.69, 9.17) is 0 Å². The lowest BCUT2D eigenvalue weighted by Gasteiger charge is -2.24. The van der Waals surface area contributed by atoms with E-state index in [2.05, 4.69) is 15.2 Å². The summed E-state index contributed by atoms with van der Waals surface area (Å²) in [5.74, 6) is -1.79. The molecule has 1 unspecified atom stereocenters. The van der Waals surface area contributed by atoms with E-state index in [0.717, 1.165) is 44.2 Å². The summed E-state index contributed by atoms with van der Waals surface area (Å²) >= 11 is 0. The van der Waals surface area contributed by atoms with Crippen LogP contribution in [-0.4, -0.2) is 48.1 Å². The highest BCUT2D eigenvalue weighted by Crippen LogP contribution is 2.40. The summed E-state index contributed by atoms with van der Waals surface area (Å²) in [6, 6.07) is 2.70. The van der Waals surface area contributed by atoms with Gasteiger partial charge in [0.25, 0.3) is 0 Å². The molecule has 1 aromatic rings. The van der Waals surface area contributed by atoms with Gasteiger partial charge in [-0.25, -0.2) is 8.78 Å². The average Bonchev–Trinajstić information content (AvgIpc) is 3.08. The summed E-state index contributed by atoms with van der Waals surface area (Å²) in [6.07, 6.45) is 4.44. The first-order valence-corrected chi connectivity index (χ1v) is 11.3. The Morgan fingerprint density at radius 1 is 1.22 bits per heavy atom. The Kier molecular flexibility index (Phi) is 11.0. The molecule has 1 fully saturated rings. The molecule has 0 radical (unpaired) electrons. The second-order valence-corrected chi connectivity index (χ2v) is 8.57. The number of carbonyl (C=O) groups excluding carboxylic acids is 1. The highest BCUT2D eigenvalue weighted by molar-refractivity contribution is 5.68. The highest BCUT2D eigenvalue weighted by Gasteiger charge is 2.42. The number of aliphatic hydroxyl groups excluding tert-OH is 2. The van der Waals surface area contributed by atoms with Gasteiger partial charge >= 0.3 is 5.97 Å². The number of aliphatic hydroxyl groups is 2. The highest BCUT2D eigenvalue weighted by atomic mass is 19.1. The van der Waals surface area contributed by atoms with Gasteiger partial charge in [0, 0.05) is 19.0 Å². The van der Waals surface area contributed by atoms with Crippen molar-refractivity contribution in [1.82, 2.24) is 0 Å². The van der Waals surface area contributed by atoms with E-state index in [-0.39, 0.29) is 30.0 Å². The summed E-state index contributed by atoms with van der Waals surface area (Å²) in [5, 5.41) is 26.7. The van der Waals surface area contributed by atoms with E-state index in [9.17, 15) is 28.7 Å². The van der Waals surface area contributed by atoms with E-state index in [1.165, 1.54) is 13.2 Å². The maximum Gasteiger partial charge on any atom is 0.305 e. The van der Waals surface area contributed by atoms with E-state index < -0.39 is 29.9 Å². The second kappa shape index (κ2) is 13.4. The van der Waals surface area contributed by atoms with Crippen molar-refractivity contribution in [1.29, 1.82) is 0 Å². The molecule has 32 heavy (non-hydrogen) atoms. The maximum absolute atomic E-state index is 13.7. The Morgan fingerprint density at radius 2 is 1.97 bits per heavy atom. The number of esters is 1. The fourth-order valence-corrected chi connectivity index (χ4v) is 4.55. The molecule has 180 valence electrons. The van der Waals surface area contributed by atoms with Crippen molar-refractivity contribution in [2.75, 3.05) is 19.0 Å². The summed E-state index contributed by atoms with van der Waals surface area (Å²) in [4.78, 5) is 22.4. The van der Waals surface area contributed by atoms with Gasteiger partial charge in [0.15, 0.2) is 0 Å². The number of nitrogens with one attached hydrogen (secondary N) is 1. The minimum atomic E-state index is -0.788. The Balaban J connectivity index is 1.77. The molecule has 0 amide bonds. The number of ether oxygens (including phenoxy) is 1. The van der Waals surface area contributed by atoms with Gasteiger partial charge in [0.2, 0.25) is 0 Å². The van der Waals surface area contributed by atoms with Crippen LogP contribution in [0.2, 0.25) is 0 Å². The predicted molar refractivity (Wildman–Crippen MR) is 117 cm³/mol. The van der Waals surface area contributed by atoms with Crippen LogP contribution in [0.4, 0.5) is 14.5 Å². The fourth-order valence-electron chi connectivity index (χ4n) is 4.55. The fraction of sp³-hybridized carbons (Fsp3) is 0.696. The van der Waals surface area contributed by atoms with Crippen molar-refractivity contribution < 1.29 is 28.5 Å². The molecule has 1 saturated carbocycles. The Labute approximate surface area is 187 Å². The van der Waals surface area contributed by atoms with Gasteiger partial charge in [-0.3, -0.25) is 4.79 Å². The van der Waals surface area contributed by atoms with Crippen molar-refractivity contribution in [3.05, 3.63) is 34.7 Å². The molecule has 0 saturated heterocycles. The van der Waals surface area contributed by atoms with Crippen molar-refractivity contribution in [3.8, 4) is 0 Å². The van der Waals surface area contributed by atoms with Gasteiger partial charge in [-0.1, -0.05) is 24.4 Å². The number of unbranched alkanes of at least 4 members (excludes halogenated alkanes) is 3.